The van der Waals surface area contributed by atoms with Crippen LogP contribution in [0.15, 0.2) is 42.5 Å². The van der Waals surface area contributed by atoms with Crippen LogP contribution in [0.1, 0.15) is 37.8 Å². The van der Waals surface area contributed by atoms with Crippen LogP contribution in [0.5, 0.6) is 0 Å². The lowest BCUT2D eigenvalue weighted by Gasteiger charge is -2.32. The van der Waals surface area contributed by atoms with E-state index in [2.05, 4.69) is 5.32 Å². The van der Waals surface area contributed by atoms with E-state index in [1.165, 1.54) is 36.1 Å². The minimum atomic E-state index is -3.88. The third-order valence-corrected chi connectivity index (χ3v) is 6.78. The molecule has 10 heteroatoms. The molecule has 2 amide bonds. The third-order valence-electron chi connectivity index (χ3n) is 5.41. The maximum Gasteiger partial charge on any atom is 0.244 e. The topological polar surface area (TPSA) is 86.8 Å². The Kier molecular flexibility index (Phi) is 9.88. The number of rotatable bonds is 11. The lowest BCUT2D eigenvalue weighted by Crippen LogP contribution is -2.51. The van der Waals surface area contributed by atoms with Gasteiger partial charge in [0.1, 0.15) is 18.4 Å². The molecule has 2 aromatic carbocycles. The predicted molar refractivity (Wildman–Crippen MR) is 133 cm³/mol. The summed E-state index contributed by atoms with van der Waals surface area (Å²) >= 11 is 6.08. The summed E-state index contributed by atoms with van der Waals surface area (Å²) < 4.78 is 40.6. The molecule has 0 heterocycles. The Morgan fingerprint density at radius 3 is 2.47 bits per heavy atom. The second kappa shape index (κ2) is 12.2. The molecule has 0 aromatic heterocycles. The Hall–Kier alpha value is -2.65. The van der Waals surface area contributed by atoms with E-state index >= 15 is 0 Å². The van der Waals surface area contributed by atoms with Crippen LogP contribution in [0.3, 0.4) is 0 Å². The van der Waals surface area contributed by atoms with Crippen molar-refractivity contribution in [3.05, 3.63) is 64.4 Å². The highest BCUT2D eigenvalue weighted by atomic mass is 35.5. The molecule has 0 bridgehead atoms. The van der Waals surface area contributed by atoms with Gasteiger partial charge in [0.2, 0.25) is 21.8 Å². The second-order valence-corrected chi connectivity index (χ2v) is 10.5. The fourth-order valence-electron chi connectivity index (χ4n) is 3.37. The molecule has 1 atom stereocenters. The summed E-state index contributed by atoms with van der Waals surface area (Å²) in [6.07, 6.45) is 2.65. The monoisotopic (exact) mass is 511 g/mol. The van der Waals surface area contributed by atoms with Crippen molar-refractivity contribution in [3.63, 3.8) is 0 Å². The van der Waals surface area contributed by atoms with E-state index in [1.807, 2.05) is 6.92 Å². The van der Waals surface area contributed by atoms with Crippen LogP contribution in [0.4, 0.5) is 10.1 Å². The maximum atomic E-state index is 14.4. The molecule has 2 rings (SSSR count). The van der Waals surface area contributed by atoms with Crippen molar-refractivity contribution < 1.29 is 22.4 Å². The predicted octanol–water partition coefficient (Wildman–Crippen LogP) is 3.89. The number of anilines is 1. The molecule has 0 fully saturated rings. The molecule has 2 aromatic rings. The number of amides is 2. The number of carbonyl (C=O) groups is 2. The number of benzene rings is 2. The molecular formula is C24H31ClFN3O4S. The normalized spacial score (nSPS) is 12.2. The smallest absolute Gasteiger partial charge is 0.244 e. The molecule has 34 heavy (non-hydrogen) atoms. The highest BCUT2D eigenvalue weighted by Gasteiger charge is 2.31. The summed E-state index contributed by atoms with van der Waals surface area (Å²) in [4.78, 5) is 27.4. The number of aryl methyl sites for hydroxylation is 1. The lowest BCUT2D eigenvalue weighted by atomic mass is 10.1. The molecule has 1 N–H and O–H groups in total. The van der Waals surface area contributed by atoms with Crippen LogP contribution in [0, 0.1) is 12.7 Å². The number of hydrogen-bond acceptors (Lipinski definition) is 4. The van der Waals surface area contributed by atoms with Gasteiger partial charge in [-0.2, -0.15) is 0 Å². The summed E-state index contributed by atoms with van der Waals surface area (Å²) in [5.74, 6) is -1.57. The number of unbranched alkanes of at least 4 members (excludes halogenated alkanes) is 1. The first-order chi connectivity index (χ1) is 16.0. The molecule has 0 radical (unpaired) electrons. The van der Waals surface area contributed by atoms with E-state index in [9.17, 15) is 22.4 Å². The average molecular weight is 512 g/mol. The maximum absolute atomic E-state index is 14.4. The Morgan fingerprint density at radius 1 is 1.18 bits per heavy atom. The highest BCUT2D eigenvalue weighted by molar-refractivity contribution is 7.92. The van der Waals surface area contributed by atoms with Crippen LogP contribution in [-0.4, -0.2) is 50.5 Å². The van der Waals surface area contributed by atoms with Gasteiger partial charge in [-0.15, -0.1) is 0 Å². The van der Waals surface area contributed by atoms with Gasteiger partial charge in [-0.05, 0) is 44.0 Å². The fourth-order valence-corrected chi connectivity index (χ4v) is 4.44. The quantitative estimate of drug-likeness (QED) is 0.464. The third kappa shape index (κ3) is 7.43. The first-order valence-corrected chi connectivity index (χ1v) is 13.2. The summed E-state index contributed by atoms with van der Waals surface area (Å²) in [7, 11) is -3.88. The summed E-state index contributed by atoms with van der Waals surface area (Å²) in [6.45, 7) is 4.91. The molecule has 0 aliphatic rings. The Bertz CT molecular complexity index is 1130. The Morgan fingerprint density at radius 2 is 1.85 bits per heavy atom. The first kappa shape index (κ1) is 27.6. The van der Waals surface area contributed by atoms with Gasteiger partial charge >= 0.3 is 0 Å². The van der Waals surface area contributed by atoms with Crippen LogP contribution in [0.2, 0.25) is 5.02 Å². The zero-order valence-electron chi connectivity index (χ0n) is 19.8. The molecule has 0 aliphatic heterocycles. The van der Waals surface area contributed by atoms with Crippen molar-refractivity contribution >= 4 is 39.1 Å². The van der Waals surface area contributed by atoms with Crippen LogP contribution in [-0.2, 0) is 26.2 Å². The van der Waals surface area contributed by atoms with Gasteiger partial charge in [0.25, 0.3) is 0 Å². The largest absolute Gasteiger partial charge is 0.354 e. The van der Waals surface area contributed by atoms with Gasteiger partial charge in [-0.1, -0.05) is 49.2 Å². The lowest BCUT2D eigenvalue weighted by molar-refractivity contribution is -0.139. The summed E-state index contributed by atoms with van der Waals surface area (Å²) in [5.41, 5.74) is 1.08. The summed E-state index contributed by atoms with van der Waals surface area (Å²) in [6, 6.07) is 9.73. The molecule has 0 unspecified atom stereocenters. The second-order valence-electron chi connectivity index (χ2n) is 8.13. The van der Waals surface area contributed by atoms with Gasteiger partial charge < -0.3 is 10.2 Å². The minimum Gasteiger partial charge on any atom is -0.354 e. The van der Waals surface area contributed by atoms with Crippen LogP contribution in [0.25, 0.3) is 0 Å². The zero-order chi connectivity index (χ0) is 25.5. The number of nitrogens with one attached hydrogen (secondary N) is 1. The molecule has 7 nitrogen and oxygen atoms in total. The van der Waals surface area contributed by atoms with E-state index in [-0.39, 0.29) is 17.8 Å². The van der Waals surface area contributed by atoms with Crippen molar-refractivity contribution in [2.45, 2.75) is 46.2 Å². The molecule has 186 valence electrons. The molecular weight excluding hydrogens is 481 g/mol. The zero-order valence-corrected chi connectivity index (χ0v) is 21.4. The fraction of sp³-hybridized carbons (Fsp3) is 0.417. The van der Waals surface area contributed by atoms with E-state index in [0.717, 1.165) is 23.4 Å². The number of carbonyl (C=O) groups excluding carboxylic acids is 2. The van der Waals surface area contributed by atoms with Crippen molar-refractivity contribution in [1.82, 2.24) is 10.2 Å². The van der Waals surface area contributed by atoms with Crippen LogP contribution >= 0.6 is 11.6 Å². The van der Waals surface area contributed by atoms with Gasteiger partial charge in [-0.25, -0.2) is 12.8 Å². The molecule has 0 saturated heterocycles. The van der Waals surface area contributed by atoms with Gasteiger partial charge in [0.05, 0.1) is 11.9 Å². The highest BCUT2D eigenvalue weighted by Crippen LogP contribution is 2.27. The Labute approximate surface area is 205 Å². The molecule has 0 saturated carbocycles. The van der Waals surface area contributed by atoms with Crippen molar-refractivity contribution in [3.8, 4) is 0 Å². The number of hydrogen-bond donors (Lipinski definition) is 1. The number of nitrogens with zero attached hydrogens (tertiary/aromatic N) is 2. The van der Waals surface area contributed by atoms with Crippen molar-refractivity contribution in [2.24, 2.45) is 0 Å². The average Bonchev–Trinajstić information content (AvgIpc) is 2.77. The Balaban J connectivity index is 2.41. The van der Waals surface area contributed by atoms with Crippen LogP contribution < -0.4 is 9.62 Å². The van der Waals surface area contributed by atoms with E-state index in [0.29, 0.717) is 17.1 Å². The first-order valence-electron chi connectivity index (χ1n) is 11.0. The molecule has 0 aliphatic carbocycles. The molecule has 0 spiro atoms. The van der Waals surface area contributed by atoms with Crippen molar-refractivity contribution in [1.29, 1.82) is 0 Å². The number of halogens is 2. The van der Waals surface area contributed by atoms with E-state index < -0.39 is 40.2 Å². The standard InChI is InChI=1S/C24H31ClFN3O4S/c1-5-6-13-27-24(31)18(3)28(15-19-9-7-8-10-21(19)26)23(30)16-29(34(4,32)33)22-14-20(25)12-11-17(22)2/h7-12,14,18H,5-6,13,15-16H2,1-4H3,(H,27,31)/t18-/m0/s1. The van der Waals surface area contributed by atoms with Gasteiger partial charge in [-0.3, -0.25) is 13.9 Å². The van der Waals surface area contributed by atoms with Crippen molar-refractivity contribution in [2.75, 3.05) is 23.7 Å². The van der Waals surface area contributed by atoms with E-state index in [1.54, 1.807) is 25.1 Å². The van der Waals surface area contributed by atoms with E-state index in [4.69, 9.17) is 11.6 Å². The minimum absolute atomic E-state index is 0.194. The number of sulfonamides is 1. The summed E-state index contributed by atoms with van der Waals surface area (Å²) in [5, 5.41) is 3.09. The van der Waals surface area contributed by atoms with Gasteiger partial charge in [0.15, 0.2) is 0 Å². The van der Waals surface area contributed by atoms with Gasteiger partial charge in [0, 0.05) is 23.7 Å². The SMILES string of the molecule is CCCCNC(=O)[C@H](C)N(Cc1ccccc1F)C(=O)CN(c1cc(Cl)ccc1C)S(C)(=O)=O.